The first-order chi connectivity index (χ1) is 4.38. The third kappa shape index (κ3) is 0.440. The summed E-state index contributed by atoms with van der Waals surface area (Å²) < 4.78 is 5.46. The molecule has 46 valence electrons. The van der Waals surface area contributed by atoms with Crippen molar-refractivity contribution in [3.63, 3.8) is 0 Å². The molecule has 2 aromatic rings. The number of hydrogen-bond donors (Lipinski definition) is 1. The van der Waals surface area contributed by atoms with E-state index < -0.39 is 0 Å². The lowest BCUT2D eigenvalue weighted by molar-refractivity contribution is -0.584. The Hall–Kier alpha value is -1.45. The minimum absolute atomic E-state index is 0.329. The molecule has 0 atom stereocenters. The number of nitrogens with one attached hydrogen (secondary N) is 1. The minimum Gasteiger partial charge on any atom is -0.708 e. The Kier molecular flexibility index (Phi) is 0.631. The van der Waals surface area contributed by atoms with Crippen molar-refractivity contribution in [3.05, 3.63) is 23.9 Å². The lowest BCUT2D eigenvalue weighted by atomic mass is 10.6. The number of hydrogen-bond acceptors (Lipinski definition) is 2. The maximum atomic E-state index is 10.6. The molecule has 1 N–H and O–H groups in total. The number of rotatable bonds is 0. The van der Waals surface area contributed by atoms with E-state index in [0.717, 1.165) is 5.52 Å². The van der Waals surface area contributed by atoms with Gasteiger partial charge in [-0.2, -0.15) is 0 Å². The molecule has 4 heteroatoms. The summed E-state index contributed by atoms with van der Waals surface area (Å²) in [6.07, 6.45) is 2.77. The van der Waals surface area contributed by atoms with Gasteiger partial charge in [0.25, 0.3) is 0 Å². The Bertz CT molecular complexity index is 322. The topological polar surface area (TPSA) is 55.9 Å². The van der Waals surface area contributed by atoms with Gasteiger partial charge >= 0.3 is 5.71 Å². The van der Waals surface area contributed by atoms with Crippen molar-refractivity contribution in [2.45, 2.75) is 0 Å². The maximum Gasteiger partial charge on any atom is 0.340 e. The molecule has 2 aromatic heterocycles. The predicted molar refractivity (Wildman–Crippen MR) is 29.5 cm³/mol. The van der Waals surface area contributed by atoms with Gasteiger partial charge in [0.05, 0.1) is 6.26 Å². The first-order valence-electron chi connectivity index (χ1n) is 2.51. The fourth-order valence-electron chi connectivity index (χ4n) is 0.769. The second-order valence-electron chi connectivity index (χ2n) is 1.74. The van der Waals surface area contributed by atoms with Gasteiger partial charge in [0.1, 0.15) is 0 Å². The molecule has 0 aromatic carbocycles. The molecule has 0 bridgehead atoms. The zero-order valence-electron chi connectivity index (χ0n) is 4.50. The van der Waals surface area contributed by atoms with E-state index in [1.807, 2.05) is 0 Å². The molecule has 0 aliphatic carbocycles. The van der Waals surface area contributed by atoms with Crippen molar-refractivity contribution in [2.24, 2.45) is 0 Å². The molecule has 0 fully saturated rings. The summed E-state index contributed by atoms with van der Waals surface area (Å²) in [5.41, 5.74) is 1.06. The highest BCUT2D eigenvalue weighted by Crippen LogP contribution is 2.05. The molecule has 0 unspecified atom stereocenters. The van der Waals surface area contributed by atoms with Gasteiger partial charge in [-0.3, -0.25) is 0 Å². The second-order valence-corrected chi connectivity index (χ2v) is 1.74. The lowest BCUT2D eigenvalue weighted by Crippen LogP contribution is -2.21. The van der Waals surface area contributed by atoms with Gasteiger partial charge in [-0.05, 0) is 0 Å². The van der Waals surface area contributed by atoms with Crippen LogP contribution in [0.25, 0.3) is 11.2 Å². The Balaban J connectivity index is 2.99. The van der Waals surface area contributed by atoms with Gasteiger partial charge in [0, 0.05) is 6.07 Å². The predicted octanol–water partition coefficient (Wildman–Crippen LogP) is 0.394. The number of nitrogens with zero attached hydrogens (tertiary/aromatic N) is 1. The number of aromatic nitrogens is 2. The monoisotopic (exact) mass is 124 g/mol. The van der Waals surface area contributed by atoms with Gasteiger partial charge in [0.2, 0.25) is 11.8 Å². The Morgan fingerprint density at radius 1 is 1.67 bits per heavy atom. The van der Waals surface area contributed by atoms with Gasteiger partial charge in [0.15, 0.2) is 0 Å². The van der Waals surface area contributed by atoms with Crippen LogP contribution in [0.5, 0.6) is 0 Å². The largest absolute Gasteiger partial charge is 0.708 e. The van der Waals surface area contributed by atoms with Crippen molar-refractivity contribution in [1.29, 1.82) is 0 Å². The van der Waals surface area contributed by atoms with Gasteiger partial charge < -0.3 is 9.62 Å². The van der Waals surface area contributed by atoms with Crippen LogP contribution in [-0.4, -0.2) is 4.98 Å². The molecule has 0 saturated heterocycles. The molecule has 2 heterocycles. The molecule has 9 heavy (non-hydrogen) atoms. The van der Waals surface area contributed by atoms with Crippen LogP contribution in [0.15, 0.2) is 23.1 Å². The molecule has 0 spiro atoms. The van der Waals surface area contributed by atoms with Crippen LogP contribution >= 0.6 is 0 Å². The average Bonchev–Trinajstić information content (AvgIpc) is 2.35. The van der Waals surface area contributed by atoms with Crippen molar-refractivity contribution >= 4 is 11.2 Å². The highest BCUT2D eigenvalue weighted by Gasteiger charge is 2.04. The SMILES string of the molecule is [O-][n+]1c[nH]c2ccoc21. The van der Waals surface area contributed by atoms with Gasteiger partial charge in [-0.25, -0.2) is 9.71 Å². The van der Waals surface area contributed by atoms with Crippen molar-refractivity contribution in [1.82, 2.24) is 4.98 Å². The first kappa shape index (κ1) is 4.43. The minimum atomic E-state index is 0.329. The maximum absolute atomic E-state index is 10.6. The summed E-state index contributed by atoms with van der Waals surface area (Å²) in [5, 5.41) is 10.6. The molecular formula is C5H4N2O2. The van der Waals surface area contributed by atoms with E-state index in [0.29, 0.717) is 10.4 Å². The van der Waals surface area contributed by atoms with Gasteiger partial charge in [-0.15, -0.1) is 0 Å². The zero-order valence-corrected chi connectivity index (χ0v) is 4.50. The fourth-order valence-corrected chi connectivity index (χ4v) is 0.769. The zero-order chi connectivity index (χ0) is 6.27. The number of fused-ring (bicyclic) bond motifs is 1. The summed E-state index contributed by atoms with van der Waals surface area (Å²) >= 11 is 0. The van der Waals surface area contributed by atoms with E-state index >= 15 is 0 Å². The molecule has 2 rings (SSSR count). The van der Waals surface area contributed by atoms with Crippen LogP contribution in [0.2, 0.25) is 0 Å². The molecular weight excluding hydrogens is 120 g/mol. The summed E-state index contributed by atoms with van der Waals surface area (Å²) in [5.74, 6) is 0. The fraction of sp³-hybridized carbons (Fsp3) is 0. The molecule has 4 nitrogen and oxygen atoms in total. The van der Waals surface area contributed by atoms with E-state index in [1.54, 1.807) is 6.07 Å². The summed E-state index contributed by atoms with van der Waals surface area (Å²) in [6, 6.07) is 1.70. The van der Waals surface area contributed by atoms with E-state index in [-0.39, 0.29) is 0 Å². The Labute approximate surface area is 50.3 Å². The number of imidazole rings is 1. The molecule has 0 aliphatic heterocycles. The molecule has 0 amide bonds. The smallest absolute Gasteiger partial charge is 0.340 e. The highest BCUT2D eigenvalue weighted by atomic mass is 16.5. The lowest BCUT2D eigenvalue weighted by Gasteiger charge is -1.88. The standard InChI is InChI=1S/C5H4N2O2/c8-7-3-6-4-1-2-9-5(4)7/h1-3,6H. The second kappa shape index (κ2) is 1.28. The third-order valence-corrected chi connectivity index (χ3v) is 1.18. The quantitative estimate of drug-likeness (QED) is 0.408. The van der Waals surface area contributed by atoms with Crippen LogP contribution < -0.4 is 4.73 Å². The van der Waals surface area contributed by atoms with E-state index in [9.17, 15) is 5.21 Å². The number of H-pyrrole nitrogens is 1. The summed E-state index contributed by atoms with van der Waals surface area (Å²) in [7, 11) is 0. The van der Waals surface area contributed by atoms with Crippen molar-refractivity contribution in [2.75, 3.05) is 0 Å². The van der Waals surface area contributed by atoms with E-state index in [2.05, 4.69) is 4.98 Å². The normalized spacial score (nSPS) is 10.7. The third-order valence-electron chi connectivity index (χ3n) is 1.18. The molecule has 0 aliphatic rings. The van der Waals surface area contributed by atoms with E-state index in [4.69, 9.17) is 4.42 Å². The Morgan fingerprint density at radius 2 is 2.56 bits per heavy atom. The number of aromatic amines is 1. The van der Waals surface area contributed by atoms with Crippen LogP contribution in [0, 0.1) is 5.21 Å². The first-order valence-corrected chi connectivity index (χ1v) is 2.51. The van der Waals surface area contributed by atoms with Gasteiger partial charge in [-0.1, -0.05) is 0 Å². The van der Waals surface area contributed by atoms with Crippen molar-refractivity contribution < 1.29 is 9.15 Å². The van der Waals surface area contributed by atoms with Crippen LogP contribution in [0.3, 0.4) is 0 Å². The average molecular weight is 124 g/mol. The summed E-state index contributed by atoms with van der Waals surface area (Å²) in [6.45, 7) is 0. The van der Waals surface area contributed by atoms with E-state index in [1.165, 1.54) is 12.6 Å². The number of furan rings is 1. The highest BCUT2D eigenvalue weighted by molar-refractivity contribution is 5.63. The van der Waals surface area contributed by atoms with Crippen LogP contribution in [0.1, 0.15) is 0 Å². The summed E-state index contributed by atoms with van der Waals surface area (Å²) in [4.78, 5) is 2.72. The Morgan fingerprint density at radius 3 is 3.33 bits per heavy atom. The van der Waals surface area contributed by atoms with Crippen LogP contribution in [0.4, 0.5) is 0 Å². The molecule has 0 saturated carbocycles. The molecule has 0 radical (unpaired) electrons. The van der Waals surface area contributed by atoms with Crippen LogP contribution in [-0.2, 0) is 0 Å². The van der Waals surface area contributed by atoms with Crippen molar-refractivity contribution in [3.8, 4) is 0 Å².